The number of hydrogen-bond acceptors (Lipinski definition) is 7. The van der Waals surface area contributed by atoms with E-state index in [-0.39, 0.29) is 6.10 Å². The molecular formula is C19H24O7. The first-order valence-corrected chi connectivity index (χ1v) is 8.83. The van der Waals surface area contributed by atoms with Crippen LogP contribution in [0.1, 0.15) is 38.1 Å². The molecule has 142 valence electrons. The molecule has 26 heavy (non-hydrogen) atoms. The lowest BCUT2D eigenvalue weighted by Gasteiger charge is -2.26. The van der Waals surface area contributed by atoms with Crippen molar-refractivity contribution in [2.45, 2.75) is 70.0 Å². The van der Waals surface area contributed by atoms with Gasteiger partial charge in [-0.15, -0.1) is 0 Å². The molecule has 7 heteroatoms. The van der Waals surface area contributed by atoms with Gasteiger partial charge in [0.05, 0.1) is 12.2 Å². The minimum absolute atomic E-state index is 0.324. The third-order valence-electron chi connectivity index (χ3n) is 4.68. The van der Waals surface area contributed by atoms with Gasteiger partial charge in [-0.2, -0.15) is 0 Å². The highest BCUT2D eigenvalue weighted by atomic mass is 16.8. The van der Waals surface area contributed by atoms with Gasteiger partial charge in [0, 0.05) is 0 Å². The van der Waals surface area contributed by atoms with E-state index in [9.17, 15) is 4.79 Å². The molecule has 7 nitrogen and oxygen atoms in total. The maximum absolute atomic E-state index is 12.4. The smallest absolute Gasteiger partial charge is 0.340 e. The van der Waals surface area contributed by atoms with E-state index in [4.69, 9.17) is 28.4 Å². The average molecular weight is 364 g/mol. The predicted octanol–water partition coefficient (Wildman–Crippen LogP) is 2.24. The summed E-state index contributed by atoms with van der Waals surface area (Å²) >= 11 is 0. The topological polar surface area (TPSA) is 72.5 Å². The van der Waals surface area contributed by atoms with Crippen LogP contribution in [0.5, 0.6) is 0 Å². The molecule has 0 spiro atoms. The largest absolute Gasteiger partial charge is 0.429 e. The highest BCUT2D eigenvalue weighted by Gasteiger charge is 2.60. The van der Waals surface area contributed by atoms with Crippen LogP contribution in [-0.2, 0) is 28.4 Å². The van der Waals surface area contributed by atoms with Crippen molar-refractivity contribution in [3.05, 3.63) is 35.9 Å². The van der Waals surface area contributed by atoms with Gasteiger partial charge in [0.25, 0.3) is 0 Å². The van der Waals surface area contributed by atoms with Crippen LogP contribution in [0.25, 0.3) is 0 Å². The molecule has 0 N–H and O–H groups in total. The molecule has 3 saturated heterocycles. The highest BCUT2D eigenvalue weighted by Crippen LogP contribution is 2.42. The summed E-state index contributed by atoms with van der Waals surface area (Å²) in [6.45, 7) is 7.73. The highest BCUT2D eigenvalue weighted by molar-refractivity contribution is 5.89. The van der Waals surface area contributed by atoms with Crippen LogP contribution < -0.4 is 0 Å². The Kier molecular flexibility index (Phi) is 4.32. The third-order valence-corrected chi connectivity index (χ3v) is 4.68. The summed E-state index contributed by atoms with van der Waals surface area (Å²) in [6, 6.07) is 8.78. The predicted molar refractivity (Wildman–Crippen MR) is 89.2 cm³/mol. The Morgan fingerprint density at radius 3 is 2.31 bits per heavy atom. The molecule has 0 radical (unpaired) electrons. The summed E-state index contributed by atoms with van der Waals surface area (Å²) in [5, 5.41) is 0. The van der Waals surface area contributed by atoms with E-state index in [0.29, 0.717) is 12.2 Å². The zero-order chi connectivity index (χ0) is 18.5. The molecule has 1 aromatic rings. The third kappa shape index (κ3) is 3.37. The minimum Gasteiger partial charge on any atom is -0.429 e. The van der Waals surface area contributed by atoms with Gasteiger partial charge in [0.2, 0.25) is 6.29 Å². The standard InChI is InChI=1S/C19H24O7/c1-18(2)21-10-12(24-18)13-14-15(26-19(3,4)25-14)17(22-13)23-16(20)11-8-6-5-7-9-11/h5-9,12-15,17H,10H2,1-4H3/t12-,13-,14-,15-,17-/m0/s1. The second kappa shape index (κ2) is 6.28. The van der Waals surface area contributed by atoms with Crippen molar-refractivity contribution in [2.24, 2.45) is 0 Å². The monoisotopic (exact) mass is 364 g/mol. The van der Waals surface area contributed by atoms with E-state index in [0.717, 1.165) is 0 Å². The maximum Gasteiger partial charge on any atom is 0.340 e. The Morgan fingerprint density at radius 2 is 1.65 bits per heavy atom. The van der Waals surface area contributed by atoms with Gasteiger partial charge >= 0.3 is 5.97 Å². The zero-order valence-corrected chi connectivity index (χ0v) is 15.3. The van der Waals surface area contributed by atoms with Gasteiger partial charge in [-0.3, -0.25) is 0 Å². The van der Waals surface area contributed by atoms with Gasteiger partial charge in [-0.05, 0) is 39.8 Å². The normalized spacial score (nSPS) is 37.5. The molecule has 0 aliphatic carbocycles. The fourth-order valence-corrected chi connectivity index (χ4v) is 3.61. The Labute approximate surface area is 152 Å². The minimum atomic E-state index is -0.869. The van der Waals surface area contributed by atoms with E-state index in [1.54, 1.807) is 24.3 Å². The lowest BCUT2D eigenvalue weighted by molar-refractivity contribution is -0.235. The SMILES string of the molecule is CC1(C)O[C@@H]2[C@H](O1)[C@H](OC(=O)c1ccccc1)O[C@H]2[C@@H]1COC(C)(C)O1. The van der Waals surface area contributed by atoms with Crippen molar-refractivity contribution >= 4 is 5.97 Å². The average Bonchev–Trinajstić information content (AvgIpc) is 3.19. The van der Waals surface area contributed by atoms with Crippen LogP contribution in [0.3, 0.4) is 0 Å². The van der Waals surface area contributed by atoms with Crippen molar-refractivity contribution < 1.29 is 33.2 Å². The molecule has 3 aliphatic heterocycles. The van der Waals surface area contributed by atoms with Crippen LogP contribution in [0, 0.1) is 0 Å². The molecule has 1 aromatic carbocycles. The van der Waals surface area contributed by atoms with Crippen LogP contribution in [0.4, 0.5) is 0 Å². The quantitative estimate of drug-likeness (QED) is 0.762. The van der Waals surface area contributed by atoms with Crippen molar-refractivity contribution in [2.75, 3.05) is 6.61 Å². The van der Waals surface area contributed by atoms with Crippen molar-refractivity contribution in [3.8, 4) is 0 Å². The molecule has 4 rings (SSSR count). The number of ether oxygens (including phenoxy) is 6. The van der Waals surface area contributed by atoms with E-state index in [1.807, 2.05) is 33.8 Å². The molecule has 0 bridgehead atoms. The molecule has 0 saturated carbocycles. The summed E-state index contributed by atoms with van der Waals surface area (Å²) in [5.41, 5.74) is 0.454. The summed E-state index contributed by atoms with van der Waals surface area (Å²) in [5.74, 6) is -1.94. The molecule has 3 fully saturated rings. The van der Waals surface area contributed by atoms with Gasteiger partial charge in [-0.25, -0.2) is 4.79 Å². The van der Waals surface area contributed by atoms with Crippen LogP contribution in [-0.4, -0.2) is 54.9 Å². The van der Waals surface area contributed by atoms with Crippen LogP contribution in [0.2, 0.25) is 0 Å². The summed E-state index contributed by atoms with van der Waals surface area (Å²) in [6.07, 6.45) is -2.56. The lowest BCUT2D eigenvalue weighted by atomic mass is 10.1. The first kappa shape index (κ1) is 17.9. The maximum atomic E-state index is 12.4. The molecule has 3 heterocycles. The van der Waals surface area contributed by atoms with Gasteiger partial charge in [0.15, 0.2) is 17.7 Å². The van der Waals surface area contributed by atoms with Gasteiger partial charge in [0.1, 0.15) is 18.3 Å². The van der Waals surface area contributed by atoms with Crippen LogP contribution >= 0.6 is 0 Å². The Bertz CT molecular complexity index is 672. The number of carbonyl (C=O) groups excluding carboxylic acids is 1. The van der Waals surface area contributed by atoms with E-state index < -0.39 is 42.1 Å². The Balaban J connectivity index is 1.51. The molecule has 3 aliphatic rings. The zero-order valence-electron chi connectivity index (χ0n) is 15.3. The van der Waals surface area contributed by atoms with E-state index >= 15 is 0 Å². The molecule has 0 aromatic heterocycles. The fraction of sp³-hybridized carbons (Fsp3) is 0.632. The Morgan fingerprint density at radius 1 is 0.962 bits per heavy atom. The summed E-state index contributed by atoms with van der Waals surface area (Å²) in [7, 11) is 0. The van der Waals surface area contributed by atoms with Crippen molar-refractivity contribution in [3.63, 3.8) is 0 Å². The first-order valence-electron chi connectivity index (χ1n) is 8.83. The van der Waals surface area contributed by atoms with E-state index in [2.05, 4.69) is 0 Å². The Hall–Kier alpha value is -1.51. The number of carbonyl (C=O) groups is 1. The molecule has 0 amide bonds. The van der Waals surface area contributed by atoms with E-state index in [1.165, 1.54) is 0 Å². The lowest BCUT2D eigenvalue weighted by Crippen LogP contribution is -2.40. The van der Waals surface area contributed by atoms with Crippen molar-refractivity contribution in [1.29, 1.82) is 0 Å². The number of benzene rings is 1. The summed E-state index contributed by atoms with van der Waals surface area (Å²) < 4.78 is 35.1. The number of hydrogen-bond donors (Lipinski definition) is 0. The number of rotatable bonds is 3. The molecule has 5 atom stereocenters. The first-order chi connectivity index (χ1) is 12.2. The van der Waals surface area contributed by atoms with Gasteiger partial charge in [-0.1, -0.05) is 18.2 Å². The van der Waals surface area contributed by atoms with Crippen molar-refractivity contribution in [1.82, 2.24) is 0 Å². The molecule has 0 unspecified atom stereocenters. The second-order valence-corrected chi connectivity index (χ2v) is 7.67. The molecular weight excluding hydrogens is 340 g/mol. The van der Waals surface area contributed by atoms with Gasteiger partial charge < -0.3 is 28.4 Å². The van der Waals surface area contributed by atoms with Crippen LogP contribution in [0.15, 0.2) is 30.3 Å². The number of fused-ring (bicyclic) bond motifs is 1. The number of esters is 1. The second-order valence-electron chi connectivity index (χ2n) is 7.67. The summed E-state index contributed by atoms with van der Waals surface area (Å²) in [4.78, 5) is 12.4. The fourth-order valence-electron chi connectivity index (χ4n) is 3.61.